The minimum Gasteiger partial charge on any atom is -0.353 e. The average molecular weight is 433 g/mol. The molecule has 2 heterocycles. The van der Waals surface area contributed by atoms with Gasteiger partial charge in [-0.15, -0.1) is 11.3 Å². The molecule has 1 saturated heterocycles. The fourth-order valence-electron chi connectivity index (χ4n) is 4.95. The lowest BCUT2D eigenvalue weighted by molar-refractivity contribution is -0.134. The van der Waals surface area contributed by atoms with E-state index in [1.54, 1.807) is 11.3 Å². The molecule has 0 spiro atoms. The Labute approximate surface area is 184 Å². The largest absolute Gasteiger partial charge is 0.353 e. The van der Waals surface area contributed by atoms with Crippen LogP contribution in [-0.2, 0) is 22.4 Å². The Balaban J connectivity index is 1.32. The van der Waals surface area contributed by atoms with Crippen molar-refractivity contribution in [2.24, 2.45) is 11.8 Å². The van der Waals surface area contributed by atoms with Gasteiger partial charge in [0.2, 0.25) is 11.8 Å². The van der Waals surface area contributed by atoms with Crippen LogP contribution in [0.1, 0.15) is 69.4 Å². The molecular formula is C23H36N4O2S. The average Bonchev–Trinajstić information content (AvgIpc) is 3.02. The molecule has 1 aliphatic heterocycles. The van der Waals surface area contributed by atoms with Crippen LogP contribution >= 0.6 is 11.3 Å². The summed E-state index contributed by atoms with van der Waals surface area (Å²) in [5, 5.41) is 4.42. The van der Waals surface area contributed by atoms with Gasteiger partial charge < -0.3 is 15.1 Å². The summed E-state index contributed by atoms with van der Waals surface area (Å²) in [7, 11) is 0. The molecule has 6 nitrogen and oxygen atoms in total. The molecule has 2 aliphatic carbocycles. The summed E-state index contributed by atoms with van der Waals surface area (Å²) in [6.07, 6.45) is 10.0. The molecule has 7 heteroatoms. The van der Waals surface area contributed by atoms with Gasteiger partial charge in [-0.2, -0.15) is 0 Å². The predicted octanol–water partition coefficient (Wildman–Crippen LogP) is 3.39. The highest BCUT2D eigenvalue weighted by Gasteiger charge is 2.31. The standard InChI is InChI=1S/C23H36N4O2S/c1-16(2)22(29)26-11-13-27(14-12-26)23-25-19-10-9-17(15-20(19)30-23)21(28)24-18-7-5-3-4-6-8-18/h16-18H,3-15H2,1-2H3,(H,24,28). The summed E-state index contributed by atoms with van der Waals surface area (Å²) in [6, 6.07) is 0.378. The number of fused-ring (bicyclic) bond motifs is 1. The molecule has 0 aromatic carbocycles. The van der Waals surface area contributed by atoms with Crippen LogP contribution in [0.5, 0.6) is 0 Å². The lowest BCUT2D eigenvalue weighted by atomic mass is 9.90. The fourth-order valence-corrected chi connectivity index (χ4v) is 6.18. The Hall–Kier alpha value is -1.63. The second kappa shape index (κ2) is 9.67. The van der Waals surface area contributed by atoms with Crippen LogP contribution in [0.15, 0.2) is 0 Å². The van der Waals surface area contributed by atoms with Gasteiger partial charge in [0.1, 0.15) is 0 Å². The van der Waals surface area contributed by atoms with Crippen LogP contribution in [0.25, 0.3) is 0 Å². The lowest BCUT2D eigenvalue weighted by Crippen LogP contribution is -2.49. The first-order valence-corrected chi connectivity index (χ1v) is 12.7. The van der Waals surface area contributed by atoms with Gasteiger partial charge in [-0.25, -0.2) is 4.98 Å². The summed E-state index contributed by atoms with van der Waals surface area (Å²) < 4.78 is 0. The van der Waals surface area contributed by atoms with E-state index in [4.69, 9.17) is 4.98 Å². The summed E-state index contributed by atoms with van der Waals surface area (Å²) in [4.78, 5) is 35.6. The zero-order valence-electron chi connectivity index (χ0n) is 18.5. The monoisotopic (exact) mass is 432 g/mol. The van der Waals surface area contributed by atoms with Gasteiger partial charge in [-0.05, 0) is 32.1 Å². The Morgan fingerprint density at radius 3 is 2.40 bits per heavy atom. The predicted molar refractivity (Wildman–Crippen MR) is 121 cm³/mol. The molecule has 1 unspecified atom stereocenters. The number of aryl methyl sites for hydroxylation is 1. The Kier molecular flexibility index (Phi) is 6.96. The Morgan fingerprint density at radius 2 is 1.73 bits per heavy atom. The van der Waals surface area contributed by atoms with Gasteiger partial charge in [0.15, 0.2) is 5.13 Å². The minimum absolute atomic E-state index is 0.0600. The third kappa shape index (κ3) is 4.98. The molecule has 1 N–H and O–H groups in total. The van der Waals surface area contributed by atoms with Crippen LogP contribution in [0.2, 0.25) is 0 Å². The Bertz CT molecular complexity index is 746. The molecule has 30 heavy (non-hydrogen) atoms. The second-order valence-corrected chi connectivity index (χ2v) is 10.5. The van der Waals surface area contributed by atoms with Crippen molar-refractivity contribution in [1.82, 2.24) is 15.2 Å². The number of rotatable bonds is 4. The zero-order chi connectivity index (χ0) is 21.1. The SMILES string of the molecule is CC(C)C(=O)N1CCN(c2nc3c(s2)CC(C(=O)NC2CCCCCC2)CC3)CC1. The quantitative estimate of drug-likeness (QED) is 0.741. The number of aromatic nitrogens is 1. The second-order valence-electron chi connectivity index (χ2n) is 9.47. The van der Waals surface area contributed by atoms with Crippen LogP contribution in [0.4, 0.5) is 5.13 Å². The fraction of sp³-hybridized carbons (Fsp3) is 0.783. The van der Waals surface area contributed by atoms with Crippen molar-refractivity contribution in [1.29, 1.82) is 0 Å². The van der Waals surface area contributed by atoms with Crippen LogP contribution in [0, 0.1) is 11.8 Å². The van der Waals surface area contributed by atoms with Gasteiger partial charge in [-0.1, -0.05) is 39.5 Å². The summed E-state index contributed by atoms with van der Waals surface area (Å²) in [6.45, 7) is 7.16. The summed E-state index contributed by atoms with van der Waals surface area (Å²) >= 11 is 1.76. The van der Waals surface area contributed by atoms with E-state index in [0.717, 1.165) is 63.4 Å². The molecule has 1 atom stereocenters. The van der Waals surface area contributed by atoms with E-state index in [1.807, 2.05) is 18.7 Å². The number of piperazine rings is 1. The molecule has 1 aromatic rings. The highest BCUT2D eigenvalue weighted by Crippen LogP contribution is 2.35. The first-order chi connectivity index (χ1) is 14.5. The third-order valence-electron chi connectivity index (χ3n) is 6.86. The summed E-state index contributed by atoms with van der Waals surface area (Å²) in [5.74, 6) is 0.651. The van der Waals surface area contributed by atoms with Crippen molar-refractivity contribution in [3.05, 3.63) is 10.6 Å². The number of nitrogens with one attached hydrogen (secondary N) is 1. The number of thiazole rings is 1. The molecule has 0 radical (unpaired) electrons. The van der Waals surface area contributed by atoms with Crippen molar-refractivity contribution in [2.75, 3.05) is 31.1 Å². The van der Waals surface area contributed by atoms with Crippen molar-refractivity contribution in [3.8, 4) is 0 Å². The van der Waals surface area contributed by atoms with Gasteiger partial charge in [0, 0.05) is 48.9 Å². The van der Waals surface area contributed by atoms with E-state index < -0.39 is 0 Å². The van der Waals surface area contributed by atoms with Crippen LogP contribution < -0.4 is 10.2 Å². The maximum atomic E-state index is 12.9. The molecule has 4 rings (SSSR count). The van der Waals surface area contributed by atoms with E-state index in [2.05, 4.69) is 10.2 Å². The molecule has 166 valence electrons. The van der Waals surface area contributed by atoms with Crippen molar-refractivity contribution < 1.29 is 9.59 Å². The molecule has 1 saturated carbocycles. The maximum Gasteiger partial charge on any atom is 0.225 e. The van der Waals surface area contributed by atoms with E-state index in [1.165, 1.54) is 36.3 Å². The highest BCUT2D eigenvalue weighted by molar-refractivity contribution is 7.15. The molecular weight excluding hydrogens is 396 g/mol. The number of hydrogen-bond acceptors (Lipinski definition) is 5. The smallest absolute Gasteiger partial charge is 0.225 e. The first-order valence-electron chi connectivity index (χ1n) is 11.8. The molecule has 3 aliphatic rings. The van der Waals surface area contributed by atoms with Crippen molar-refractivity contribution >= 4 is 28.3 Å². The topological polar surface area (TPSA) is 65.5 Å². The number of carbonyl (C=O) groups excluding carboxylic acids is 2. The van der Waals surface area contributed by atoms with Crippen molar-refractivity contribution in [3.63, 3.8) is 0 Å². The molecule has 2 amide bonds. The number of amides is 2. The van der Waals surface area contributed by atoms with E-state index in [-0.39, 0.29) is 23.7 Å². The normalized spacial score (nSPS) is 23.2. The maximum absolute atomic E-state index is 12.9. The summed E-state index contributed by atoms with van der Waals surface area (Å²) in [5.41, 5.74) is 1.19. The number of anilines is 1. The number of carbonyl (C=O) groups is 2. The third-order valence-corrected chi connectivity index (χ3v) is 8.04. The van der Waals surface area contributed by atoms with E-state index in [0.29, 0.717) is 6.04 Å². The first kappa shape index (κ1) is 21.6. The molecule has 1 aromatic heterocycles. The highest BCUT2D eigenvalue weighted by atomic mass is 32.1. The van der Waals surface area contributed by atoms with Crippen LogP contribution in [-0.4, -0.2) is 53.9 Å². The van der Waals surface area contributed by atoms with E-state index >= 15 is 0 Å². The van der Waals surface area contributed by atoms with Gasteiger partial charge in [0.25, 0.3) is 0 Å². The number of nitrogens with zero attached hydrogens (tertiary/aromatic N) is 3. The Morgan fingerprint density at radius 1 is 1.03 bits per heavy atom. The zero-order valence-corrected chi connectivity index (χ0v) is 19.3. The molecule has 0 bridgehead atoms. The van der Waals surface area contributed by atoms with Crippen LogP contribution in [0.3, 0.4) is 0 Å². The number of hydrogen-bond donors (Lipinski definition) is 1. The van der Waals surface area contributed by atoms with E-state index in [9.17, 15) is 9.59 Å². The molecule has 2 fully saturated rings. The van der Waals surface area contributed by atoms with Crippen molar-refractivity contribution in [2.45, 2.75) is 77.7 Å². The van der Waals surface area contributed by atoms with Gasteiger partial charge in [-0.3, -0.25) is 9.59 Å². The minimum atomic E-state index is 0.0600. The van der Waals surface area contributed by atoms with Gasteiger partial charge in [0.05, 0.1) is 5.69 Å². The lowest BCUT2D eigenvalue weighted by Gasteiger charge is -2.35. The van der Waals surface area contributed by atoms with Gasteiger partial charge >= 0.3 is 0 Å².